The van der Waals surface area contributed by atoms with Gasteiger partial charge in [-0.2, -0.15) is 0 Å². The van der Waals surface area contributed by atoms with Gasteiger partial charge in [-0.05, 0) is 37.9 Å². The molecule has 0 saturated carbocycles. The summed E-state index contributed by atoms with van der Waals surface area (Å²) < 4.78 is 5.00. The highest BCUT2D eigenvalue weighted by molar-refractivity contribution is 5.37. The molecule has 94 valence electrons. The largest absolute Gasteiger partial charge is 0.480 e. The highest BCUT2D eigenvalue weighted by atomic mass is 16.5. The van der Waals surface area contributed by atoms with Crippen LogP contribution in [-0.4, -0.2) is 44.0 Å². The van der Waals surface area contributed by atoms with Crippen molar-refractivity contribution in [3.05, 3.63) is 12.1 Å². The number of piperidine rings is 1. The van der Waals surface area contributed by atoms with E-state index in [9.17, 15) is 0 Å². The van der Waals surface area contributed by atoms with E-state index in [2.05, 4.69) is 27.5 Å². The van der Waals surface area contributed by atoms with Gasteiger partial charge in [0.1, 0.15) is 0 Å². The summed E-state index contributed by atoms with van der Waals surface area (Å²) >= 11 is 0. The summed E-state index contributed by atoms with van der Waals surface area (Å²) in [4.78, 5) is 2.16. The lowest BCUT2D eigenvalue weighted by molar-refractivity contribution is 0.379. The molecule has 0 bridgehead atoms. The van der Waals surface area contributed by atoms with E-state index in [0.29, 0.717) is 11.8 Å². The predicted molar refractivity (Wildman–Crippen MR) is 67.4 cm³/mol. The quantitative estimate of drug-likeness (QED) is 0.842. The number of rotatable bonds is 4. The van der Waals surface area contributed by atoms with Gasteiger partial charge < -0.3 is 15.0 Å². The van der Waals surface area contributed by atoms with E-state index in [1.807, 2.05) is 12.1 Å². The standard InChI is InChI=1S/C12H20N4O/c1-16(9-10-4-3-7-13-8-10)11-5-6-12(17-2)15-14-11/h5-6,10,13H,3-4,7-9H2,1-2H3. The van der Waals surface area contributed by atoms with Crippen LogP contribution in [0, 0.1) is 5.92 Å². The monoisotopic (exact) mass is 236 g/mol. The van der Waals surface area contributed by atoms with Gasteiger partial charge in [-0.3, -0.25) is 0 Å². The molecule has 1 N–H and O–H groups in total. The fourth-order valence-electron chi connectivity index (χ4n) is 2.19. The molecule has 1 aromatic rings. The molecule has 5 nitrogen and oxygen atoms in total. The first-order valence-electron chi connectivity index (χ1n) is 6.09. The second-order valence-electron chi connectivity index (χ2n) is 4.53. The number of ether oxygens (including phenoxy) is 1. The van der Waals surface area contributed by atoms with Crippen molar-refractivity contribution in [1.82, 2.24) is 15.5 Å². The molecule has 0 radical (unpaired) electrons. The van der Waals surface area contributed by atoms with Crippen LogP contribution in [0.4, 0.5) is 5.82 Å². The van der Waals surface area contributed by atoms with Crippen LogP contribution in [0.5, 0.6) is 5.88 Å². The minimum Gasteiger partial charge on any atom is -0.480 e. The third-order valence-corrected chi connectivity index (χ3v) is 3.16. The van der Waals surface area contributed by atoms with Gasteiger partial charge in [0.05, 0.1) is 7.11 Å². The number of nitrogens with zero attached hydrogens (tertiary/aromatic N) is 3. The SMILES string of the molecule is COc1ccc(N(C)CC2CCCNC2)nn1. The van der Waals surface area contributed by atoms with Crippen LogP contribution in [0.25, 0.3) is 0 Å². The molecule has 2 heterocycles. The van der Waals surface area contributed by atoms with Crippen molar-refractivity contribution in [3.63, 3.8) is 0 Å². The number of aromatic nitrogens is 2. The van der Waals surface area contributed by atoms with E-state index in [1.54, 1.807) is 7.11 Å². The van der Waals surface area contributed by atoms with E-state index in [-0.39, 0.29) is 0 Å². The first-order valence-corrected chi connectivity index (χ1v) is 6.09. The van der Waals surface area contributed by atoms with Crippen molar-refractivity contribution in [2.24, 2.45) is 5.92 Å². The third kappa shape index (κ3) is 3.30. The molecule has 0 amide bonds. The number of anilines is 1. The molecular formula is C12H20N4O. The summed E-state index contributed by atoms with van der Waals surface area (Å²) in [6, 6.07) is 3.79. The van der Waals surface area contributed by atoms with Gasteiger partial charge in [-0.1, -0.05) is 0 Å². The lowest BCUT2D eigenvalue weighted by Gasteiger charge is -2.27. The summed E-state index contributed by atoms with van der Waals surface area (Å²) in [5, 5.41) is 11.6. The van der Waals surface area contributed by atoms with Crippen molar-refractivity contribution in [1.29, 1.82) is 0 Å². The minimum atomic E-state index is 0.557. The summed E-state index contributed by atoms with van der Waals surface area (Å²) in [6.45, 7) is 3.28. The van der Waals surface area contributed by atoms with Crippen molar-refractivity contribution in [2.75, 3.05) is 38.7 Å². The molecule has 1 aliphatic rings. The van der Waals surface area contributed by atoms with E-state index in [1.165, 1.54) is 12.8 Å². The van der Waals surface area contributed by atoms with Crippen molar-refractivity contribution >= 4 is 5.82 Å². The summed E-state index contributed by atoms with van der Waals surface area (Å²) in [5.74, 6) is 2.16. The second kappa shape index (κ2) is 5.82. The molecule has 1 saturated heterocycles. The Balaban J connectivity index is 1.91. The fourth-order valence-corrected chi connectivity index (χ4v) is 2.19. The molecule has 1 fully saturated rings. The van der Waals surface area contributed by atoms with E-state index >= 15 is 0 Å². The van der Waals surface area contributed by atoms with Gasteiger partial charge in [0.25, 0.3) is 0 Å². The molecule has 0 aromatic carbocycles. The molecule has 17 heavy (non-hydrogen) atoms. The van der Waals surface area contributed by atoms with E-state index in [0.717, 1.165) is 25.5 Å². The molecule has 1 unspecified atom stereocenters. The summed E-state index contributed by atoms with van der Waals surface area (Å²) in [5.41, 5.74) is 0. The van der Waals surface area contributed by atoms with Crippen molar-refractivity contribution < 1.29 is 4.74 Å². The molecule has 1 atom stereocenters. The van der Waals surface area contributed by atoms with Gasteiger partial charge in [-0.15, -0.1) is 10.2 Å². The number of nitrogens with one attached hydrogen (secondary N) is 1. The topological polar surface area (TPSA) is 50.3 Å². The highest BCUT2D eigenvalue weighted by Gasteiger charge is 2.15. The van der Waals surface area contributed by atoms with Crippen LogP contribution in [0.2, 0.25) is 0 Å². The Morgan fingerprint density at radius 2 is 2.35 bits per heavy atom. The van der Waals surface area contributed by atoms with Crippen molar-refractivity contribution in [3.8, 4) is 5.88 Å². The lowest BCUT2D eigenvalue weighted by atomic mass is 9.99. The fraction of sp³-hybridized carbons (Fsp3) is 0.667. The maximum atomic E-state index is 5.00. The Hall–Kier alpha value is -1.36. The normalized spacial score (nSPS) is 20.0. The molecule has 5 heteroatoms. The Kier molecular flexibility index (Phi) is 4.14. The molecular weight excluding hydrogens is 216 g/mol. The zero-order valence-corrected chi connectivity index (χ0v) is 10.5. The smallest absolute Gasteiger partial charge is 0.233 e. The van der Waals surface area contributed by atoms with Gasteiger partial charge in [-0.25, -0.2) is 0 Å². The molecule has 2 rings (SSSR count). The van der Waals surface area contributed by atoms with Gasteiger partial charge in [0.15, 0.2) is 5.82 Å². The number of hydrogen-bond acceptors (Lipinski definition) is 5. The highest BCUT2D eigenvalue weighted by Crippen LogP contribution is 2.16. The summed E-state index contributed by atoms with van der Waals surface area (Å²) in [6.07, 6.45) is 2.56. The zero-order valence-electron chi connectivity index (χ0n) is 10.5. The molecule has 1 aliphatic heterocycles. The maximum absolute atomic E-state index is 5.00. The predicted octanol–water partition coefficient (Wildman–Crippen LogP) is 0.921. The van der Waals surface area contributed by atoms with Crippen LogP contribution in [0.15, 0.2) is 12.1 Å². The maximum Gasteiger partial charge on any atom is 0.233 e. The first-order chi connectivity index (χ1) is 8.29. The summed E-state index contributed by atoms with van der Waals surface area (Å²) in [7, 11) is 3.66. The number of methoxy groups -OCH3 is 1. The minimum absolute atomic E-state index is 0.557. The van der Waals surface area contributed by atoms with E-state index < -0.39 is 0 Å². The van der Waals surface area contributed by atoms with Gasteiger partial charge in [0, 0.05) is 19.7 Å². The van der Waals surface area contributed by atoms with Crippen LogP contribution in [0.3, 0.4) is 0 Å². The Morgan fingerprint density at radius 3 is 2.94 bits per heavy atom. The number of hydrogen-bond donors (Lipinski definition) is 1. The molecule has 0 aliphatic carbocycles. The first kappa shape index (κ1) is 12.1. The second-order valence-corrected chi connectivity index (χ2v) is 4.53. The van der Waals surface area contributed by atoms with Crippen LogP contribution in [-0.2, 0) is 0 Å². The third-order valence-electron chi connectivity index (χ3n) is 3.16. The average Bonchev–Trinajstić information content (AvgIpc) is 2.40. The average molecular weight is 236 g/mol. The van der Waals surface area contributed by atoms with Crippen LogP contribution >= 0.6 is 0 Å². The molecule has 1 aromatic heterocycles. The van der Waals surface area contributed by atoms with E-state index in [4.69, 9.17) is 4.74 Å². The lowest BCUT2D eigenvalue weighted by Crippen LogP contribution is -2.37. The van der Waals surface area contributed by atoms with Crippen molar-refractivity contribution in [2.45, 2.75) is 12.8 Å². The van der Waals surface area contributed by atoms with Gasteiger partial charge >= 0.3 is 0 Å². The Labute approximate surface area is 102 Å². The van der Waals surface area contributed by atoms with Crippen LogP contribution in [0.1, 0.15) is 12.8 Å². The molecule has 0 spiro atoms. The zero-order chi connectivity index (χ0) is 12.1. The Bertz CT molecular complexity index is 335. The van der Waals surface area contributed by atoms with Gasteiger partial charge in [0.2, 0.25) is 5.88 Å². The Morgan fingerprint density at radius 1 is 1.47 bits per heavy atom. The van der Waals surface area contributed by atoms with Crippen LogP contribution < -0.4 is 15.0 Å².